The number of anilines is 1. The van der Waals surface area contributed by atoms with Gasteiger partial charge in [-0.25, -0.2) is 0 Å². The van der Waals surface area contributed by atoms with Crippen molar-refractivity contribution in [3.63, 3.8) is 0 Å². The SMILES string of the molecule is COc1cc(O)c(C(CC(=O)N2CC(C)CC(C)C2)c2ccc(N(C)C)cc2)c(OC)c1. The van der Waals surface area contributed by atoms with Gasteiger partial charge >= 0.3 is 0 Å². The second kappa shape index (κ2) is 10.2. The first-order valence-electron chi connectivity index (χ1n) is 11.2. The molecule has 6 nitrogen and oxygen atoms in total. The Bertz CT molecular complexity index is 916. The molecule has 1 N–H and O–H groups in total. The van der Waals surface area contributed by atoms with Crippen LogP contribution >= 0.6 is 0 Å². The number of benzene rings is 2. The average molecular weight is 441 g/mol. The molecular formula is C26H36N2O4. The summed E-state index contributed by atoms with van der Waals surface area (Å²) in [6.45, 7) is 5.96. The van der Waals surface area contributed by atoms with E-state index in [0.717, 1.165) is 30.8 Å². The first-order valence-corrected chi connectivity index (χ1v) is 11.2. The van der Waals surface area contributed by atoms with Gasteiger partial charge in [0, 0.05) is 62.9 Å². The van der Waals surface area contributed by atoms with Crippen LogP contribution in [0.4, 0.5) is 5.69 Å². The minimum atomic E-state index is -0.341. The van der Waals surface area contributed by atoms with Gasteiger partial charge in [-0.3, -0.25) is 4.79 Å². The molecule has 1 saturated heterocycles. The number of piperidine rings is 1. The van der Waals surface area contributed by atoms with Crippen molar-refractivity contribution in [2.75, 3.05) is 46.3 Å². The Morgan fingerprint density at radius 2 is 1.72 bits per heavy atom. The highest BCUT2D eigenvalue weighted by atomic mass is 16.5. The molecule has 3 unspecified atom stereocenters. The quantitative estimate of drug-likeness (QED) is 0.687. The topological polar surface area (TPSA) is 62.2 Å². The summed E-state index contributed by atoms with van der Waals surface area (Å²) in [7, 11) is 7.10. The highest BCUT2D eigenvalue weighted by Crippen LogP contribution is 2.43. The number of hydrogen-bond donors (Lipinski definition) is 1. The lowest BCUT2D eigenvalue weighted by Crippen LogP contribution is -2.43. The van der Waals surface area contributed by atoms with Crippen LogP contribution in [0, 0.1) is 11.8 Å². The van der Waals surface area contributed by atoms with Crippen molar-refractivity contribution in [2.45, 2.75) is 32.6 Å². The summed E-state index contributed by atoms with van der Waals surface area (Å²) < 4.78 is 10.9. The molecule has 2 aromatic rings. The smallest absolute Gasteiger partial charge is 0.223 e. The van der Waals surface area contributed by atoms with E-state index in [0.29, 0.717) is 28.9 Å². The highest BCUT2D eigenvalue weighted by Gasteiger charge is 2.31. The third-order valence-electron chi connectivity index (χ3n) is 6.31. The average Bonchev–Trinajstić information content (AvgIpc) is 2.76. The minimum Gasteiger partial charge on any atom is -0.507 e. The molecule has 1 fully saturated rings. The molecule has 1 aliphatic rings. The zero-order chi connectivity index (χ0) is 23.4. The predicted molar refractivity (Wildman–Crippen MR) is 128 cm³/mol. The van der Waals surface area contributed by atoms with E-state index in [1.807, 2.05) is 48.2 Å². The summed E-state index contributed by atoms with van der Waals surface area (Å²) in [6, 6.07) is 11.5. The Balaban J connectivity index is 2.01. The molecule has 0 spiro atoms. The van der Waals surface area contributed by atoms with Gasteiger partial charge in [0.05, 0.1) is 14.2 Å². The number of rotatable bonds is 7. The predicted octanol–water partition coefficient (Wildman–Crippen LogP) is 4.50. The van der Waals surface area contributed by atoms with Crippen molar-refractivity contribution in [1.29, 1.82) is 0 Å². The molecule has 3 atom stereocenters. The van der Waals surface area contributed by atoms with Crippen LogP contribution in [0.5, 0.6) is 17.2 Å². The van der Waals surface area contributed by atoms with Gasteiger partial charge in [0.15, 0.2) is 0 Å². The molecule has 1 heterocycles. The van der Waals surface area contributed by atoms with E-state index < -0.39 is 0 Å². The third kappa shape index (κ3) is 5.29. The Morgan fingerprint density at radius 3 is 2.25 bits per heavy atom. The van der Waals surface area contributed by atoms with Gasteiger partial charge in [0.1, 0.15) is 17.2 Å². The highest BCUT2D eigenvalue weighted by molar-refractivity contribution is 5.78. The Hall–Kier alpha value is -2.89. The summed E-state index contributed by atoms with van der Waals surface area (Å²) in [5, 5.41) is 10.9. The van der Waals surface area contributed by atoms with Crippen LogP contribution in [0.3, 0.4) is 0 Å². The summed E-state index contributed by atoms with van der Waals surface area (Å²) in [5.41, 5.74) is 2.64. The van der Waals surface area contributed by atoms with E-state index in [-0.39, 0.29) is 24.0 Å². The largest absolute Gasteiger partial charge is 0.507 e. The fraction of sp³-hybridized carbons (Fsp3) is 0.500. The molecule has 0 saturated carbocycles. The Labute approximate surface area is 191 Å². The normalized spacial score (nSPS) is 19.4. The van der Waals surface area contributed by atoms with E-state index in [1.54, 1.807) is 26.4 Å². The fourth-order valence-corrected chi connectivity index (χ4v) is 4.79. The van der Waals surface area contributed by atoms with Crippen molar-refractivity contribution in [3.05, 3.63) is 47.5 Å². The van der Waals surface area contributed by atoms with Crippen LogP contribution in [0.25, 0.3) is 0 Å². The number of aromatic hydroxyl groups is 1. The molecular weight excluding hydrogens is 404 g/mol. The van der Waals surface area contributed by atoms with Crippen LogP contribution in [0.15, 0.2) is 36.4 Å². The van der Waals surface area contributed by atoms with Gasteiger partial charge in [-0.1, -0.05) is 26.0 Å². The minimum absolute atomic E-state index is 0.0658. The van der Waals surface area contributed by atoms with Gasteiger partial charge in [0.2, 0.25) is 5.91 Å². The molecule has 1 aliphatic heterocycles. The lowest BCUT2D eigenvalue weighted by Gasteiger charge is -2.36. The Morgan fingerprint density at radius 1 is 1.09 bits per heavy atom. The third-order valence-corrected chi connectivity index (χ3v) is 6.31. The number of methoxy groups -OCH3 is 2. The van der Waals surface area contributed by atoms with Crippen molar-refractivity contribution in [2.24, 2.45) is 11.8 Å². The lowest BCUT2D eigenvalue weighted by molar-refractivity contribution is -0.134. The number of likely N-dealkylation sites (tertiary alicyclic amines) is 1. The van der Waals surface area contributed by atoms with E-state index >= 15 is 0 Å². The molecule has 3 rings (SSSR count). The van der Waals surface area contributed by atoms with Crippen molar-refractivity contribution >= 4 is 11.6 Å². The first-order chi connectivity index (χ1) is 15.2. The number of ether oxygens (including phenoxy) is 2. The number of amides is 1. The van der Waals surface area contributed by atoms with E-state index in [2.05, 4.69) is 13.8 Å². The maximum absolute atomic E-state index is 13.4. The molecule has 0 aromatic heterocycles. The van der Waals surface area contributed by atoms with Crippen molar-refractivity contribution in [1.82, 2.24) is 4.90 Å². The van der Waals surface area contributed by atoms with E-state index in [9.17, 15) is 9.90 Å². The lowest BCUT2D eigenvalue weighted by atomic mass is 9.85. The number of phenols is 1. The molecule has 1 amide bonds. The zero-order valence-corrected chi connectivity index (χ0v) is 20.1. The maximum Gasteiger partial charge on any atom is 0.223 e. The van der Waals surface area contributed by atoms with Gasteiger partial charge in [-0.15, -0.1) is 0 Å². The van der Waals surface area contributed by atoms with Gasteiger partial charge in [0.25, 0.3) is 0 Å². The van der Waals surface area contributed by atoms with Crippen LogP contribution in [-0.2, 0) is 4.79 Å². The first kappa shape index (κ1) is 23.8. The molecule has 32 heavy (non-hydrogen) atoms. The molecule has 6 heteroatoms. The van der Waals surface area contributed by atoms with E-state index in [1.165, 1.54) is 0 Å². The summed E-state index contributed by atoms with van der Waals surface area (Å²) in [6.07, 6.45) is 1.41. The number of nitrogens with zero attached hydrogens (tertiary/aromatic N) is 2. The van der Waals surface area contributed by atoms with Crippen LogP contribution in [0.2, 0.25) is 0 Å². The second-order valence-electron chi connectivity index (χ2n) is 9.25. The van der Waals surface area contributed by atoms with Crippen molar-refractivity contribution in [3.8, 4) is 17.2 Å². The summed E-state index contributed by atoms with van der Waals surface area (Å²) in [4.78, 5) is 17.4. The second-order valence-corrected chi connectivity index (χ2v) is 9.25. The van der Waals surface area contributed by atoms with Crippen molar-refractivity contribution < 1.29 is 19.4 Å². The van der Waals surface area contributed by atoms with Crippen LogP contribution in [0.1, 0.15) is 43.7 Å². The number of carbonyl (C=O) groups excluding carboxylic acids is 1. The Kier molecular flexibility index (Phi) is 7.54. The zero-order valence-electron chi connectivity index (χ0n) is 20.1. The monoisotopic (exact) mass is 440 g/mol. The molecule has 174 valence electrons. The standard InChI is InChI=1S/C26H36N2O4/c1-17-11-18(2)16-28(15-17)25(30)14-22(19-7-9-20(10-8-19)27(3)4)26-23(29)12-21(31-5)13-24(26)32-6/h7-10,12-13,17-18,22,29H,11,14-16H2,1-6H3. The van der Waals surface area contributed by atoms with Gasteiger partial charge < -0.3 is 24.4 Å². The van der Waals surface area contributed by atoms with Gasteiger partial charge in [-0.05, 0) is 36.0 Å². The molecule has 0 radical (unpaired) electrons. The molecule has 0 bridgehead atoms. The number of carbonyl (C=O) groups is 1. The molecule has 2 aromatic carbocycles. The fourth-order valence-electron chi connectivity index (χ4n) is 4.79. The maximum atomic E-state index is 13.4. The van der Waals surface area contributed by atoms with Crippen LogP contribution in [-0.4, -0.2) is 57.3 Å². The van der Waals surface area contributed by atoms with Gasteiger partial charge in [-0.2, -0.15) is 0 Å². The molecule has 0 aliphatic carbocycles. The number of phenolic OH excluding ortho intramolecular Hbond substituents is 1. The summed E-state index contributed by atoms with van der Waals surface area (Å²) >= 11 is 0. The van der Waals surface area contributed by atoms with Crippen LogP contribution < -0.4 is 14.4 Å². The number of hydrogen-bond acceptors (Lipinski definition) is 5. The van der Waals surface area contributed by atoms with E-state index in [4.69, 9.17) is 9.47 Å². The summed E-state index contributed by atoms with van der Waals surface area (Å²) in [5.74, 6) is 1.82.